The largest absolute Gasteiger partial charge is 0.272 e. The molecule has 0 aliphatic rings. The number of amides is 2. The molecule has 0 fully saturated rings. The van der Waals surface area contributed by atoms with Crippen molar-refractivity contribution < 1.29 is 14.0 Å². The monoisotopic (exact) mass is 320 g/mol. The van der Waals surface area contributed by atoms with Crippen molar-refractivity contribution in [2.45, 2.75) is 13.3 Å². The summed E-state index contributed by atoms with van der Waals surface area (Å²) in [7, 11) is 0. The van der Waals surface area contributed by atoms with Crippen LogP contribution in [0.25, 0.3) is 0 Å². The lowest BCUT2D eigenvalue weighted by Gasteiger charge is -2.08. The molecule has 2 rings (SSSR count). The number of hydrazine groups is 1. The summed E-state index contributed by atoms with van der Waals surface area (Å²) in [5, 5.41) is 0.189. The van der Waals surface area contributed by atoms with Crippen LogP contribution in [0.2, 0.25) is 5.02 Å². The lowest BCUT2D eigenvalue weighted by molar-refractivity contribution is 0.0844. The van der Waals surface area contributed by atoms with Crippen molar-refractivity contribution >= 4 is 23.4 Å². The predicted molar refractivity (Wildman–Crippen MR) is 82.2 cm³/mol. The summed E-state index contributed by atoms with van der Waals surface area (Å²) in [5.41, 5.74) is 5.70. The summed E-state index contributed by atoms with van der Waals surface area (Å²) in [6.07, 6.45) is 0.870. The molecule has 4 nitrogen and oxygen atoms in total. The highest BCUT2D eigenvalue weighted by atomic mass is 35.5. The molecule has 0 aliphatic carbocycles. The Morgan fingerprint density at radius 1 is 1.05 bits per heavy atom. The smallest absolute Gasteiger partial charge is 0.267 e. The van der Waals surface area contributed by atoms with Gasteiger partial charge in [0.05, 0.1) is 5.56 Å². The number of carbonyl (C=O) groups excluding carboxylic acids is 2. The van der Waals surface area contributed by atoms with E-state index in [-0.39, 0.29) is 10.6 Å². The first kappa shape index (κ1) is 16.0. The van der Waals surface area contributed by atoms with E-state index in [4.69, 9.17) is 11.6 Å². The highest BCUT2D eigenvalue weighted by Crippen LogP contribution is 2.14. The molecule has 0 spiro atoms. The Kier molecular flexibility index (Phi) is 5.12. The van der Waals surface area contributed by atoms with Crippen molar-refractivity contribution in [2.24, 2.45) is 0 Å². The first-order valence-electron chi connectivity index (χ1n) is 6.66. The molecule has 0 aliphatic heterocycles. The van der Waals surface area contributed by atoms with Crippen LogP contribution in [0.3, 0.4) is 0 Å². The quantitative estimate of drug-likeness (QED) is 0.854. The Bertz CT molecular complexity index is 702. The second kappa shape index (κ2) is 7.04. The normalized spacial score (nSPS) is 10.1. The van der Waals surface area contributed by atoms with Gasteiger partial charge in [0.2, 0.25) is 0 Å². The molecule has 0 heterocycles. The number of nitrogens with one attached hydrogen (secondary N) is 2. The van der Waals surface area contributed by atoms with E-state index in [0.29, 0.717) is 5.56 Å². The van der Waals surface area contributed by atoms with Crippen LogP contribution < -0.4 is 10.9 Å². The molecule has 2 N–H and O–H groups in total. The molecule has 0 aromatic heterocycles. The second-order valence-corrected chi connectivity index (χ2v) is 5.02. The van der Waals surface area contributed by atoms with Crippen LogP contribution in [0.1, 0.15) is 33.2 Å². The van der Waals surface area contributed by atoms with Crippen molar-refractivity contribution in [2.75, 3.05) is 0 Å². The maximum Gasteiger partial charge on any atom is 0.272 e. The average molecular weight is 321 g/mol. The molecule has 0 bridgehead atoms. The van der Waals surface area contributed by atoms with E-state index in [1.54, 1.807) is 12.1 Å². The minimum atomic E-state index is -0.758. The van der Waals surface area contributed by atoms with Gasteiger partial charge in [-0.25, -0.2) is 4.39 Å². The van der Waals surface area contributed by atoms with Crippen LogP contribution in [0.4, 0.5) is 4.39 Å². The third-order valence-corrected chi connectivity index (χ3v) is 3.32. The van der Waals surface area contributed by atoms with Crippen molar-refractivity contribution in [3.8, 4) is 0 Å². The molecule has 114 valence electrons. The number of hydrogen-bond acceptors (Lipinski definition) is 2. The fourth-order valence-corrected chi connectivity index (χ4v) is 1.98. The highest BCUT2D eigenvalue weighted by Gasteiger charge is 2.13. The van der Waals surface area contributed by atoms with Gasteiger partial charge in [0.1, 0.15) is 5.82 Å². The van der Waals surface area contributed by atoms with E-state index in [0.717, 1.165) is 18.1 Å². The van der Waals surface area contributed by atoms with Crippen LogP contribution in [-0.2, 0) is 6.42 Å². The zero-order valence-electron chi connectivity index (χ0n) is 11.8. The topological polar surface area (TPSA) is 58.2 Å². The molecule has 2 aromatic rings. The van der Waals surface area contributed by atoms with Gasteiger partial charge in [-0.3, -0.25) is 20.4 Å². The van der Waals surface area contributed by atoms with Gasteiger partial charge in [0.25, 0.3) is 11.8 Å². The molecule has 2 amide bonds. The summed E-state index contributed by atoms with van der Waals surface area (Å²) in [6.45, 7) is 2.01. The first-order chi connectivity index (χ1) is 10.5. The Morgan fingerprint density at radius 3 is 2.27 bits per heavy atom. The summed E-state index contributed by atoms with van der Waals surface area (Å²) in [6, 6.07) is 10.6. The van der Waals surface area contributed by atoms with Gasteiger partial charge in [0.15, 0.2) is 0 Å². The summed E-state index contributed by atoms with van der Waals surface area (Å²) in [4.78, 5) is 23.7. The summed E-state index contributed by atoms with van der Waals surface area (Å²) >= 11 is 5.61. The number of halogens is 2. The lowest BCUT2D eigenvalue weighted by Crippen LogP contribution is -2.41. The van der Waals surface area contributed by atoms with Gasteiger partial charge in [-0.15, -0.1) is 0 Å². The SMILES string of the molecule is CCc1ccc(C(=O)NNC(=O)c2ccc(Cl)cc2F)cc1. The van der Waals surface area contributed by atoms with Gasteiger partial charge in [-0.2, -0.15) is 0 Å². The molecule has 0 radical (unpaired) electrons. The molecule has 0 saturated heterocycles. The van der Waals surface area contributed by atoms with E-state index in [1.807, 2.05) is 19.1 Å². The van der Waals surface area contributed by atoms with E-state index < -0.39 is 17.6 Å². The molecule has 2 aromatic carbocycles. The molecule has 6 heteroatoms. The van der Waals surface area contributed by atoms with E-state index in [2.05, 4.69) is 10.9 Å². The number of aryl methyl sites for hydroxylation is 1. The van der Waals surface area contributed by atoms with Gasteiger partial charge in [0, 0.05) is 10.6 Å². The van der Waals surface area contributed by atoms with Gasteiger partial charge in [-0.1, -0.05) is 30.7 Å². The highest BCUT2D eigenvalue weighted by molar-refractivity contribution is 6.30. The molecule has 22 heavy (non-hydrogen) atoms. The number of carbonyl (C=O) groups is 2. The third kappa shape index (κ3) is 3.83. The first-order valence-corrected chi connectivity index (χ1v) is 7.03. The molecular weight excluding hydrogens is 307 g/mol. The van der Waals surface area contributed by atoms with Crippen LogP contribution in [0, 0.1) is 5.82 Å². The standard InChI is InChI=1S/C16H14ClFN2O2/c1-2-10-3-5-11(6-4-10)15(21)19-20-16(22)13-8-7-12(17)9-14(13)18/h3-9H,2H2,1H3,(H,19,21)(H,20,22). The van der Waals surface area contributed by atoms with Crippen molar-refractivity contribution in [1.29, 1.82) is 0 Å². The zero-order valence-corrected chi connectivity index (χ0v) is 12.6. The van der Waals surface area contributed by atoms with Crippen LogP contribution >= 0.6 is 11.6 Å². The second-order valence-electron chi connectivity index (χ2n) is 4.58. The minimum absolute atomic E-state index is 0.189. The maximum atomic E-state index is 13.6. The number of rotatable bonds is 3. The van der Waals surface area contributed by atoms with Crippen LogP contribution in [-0.4, -0.2) is 11.8 Å². The third-order valence-electron chi connectivity index (χ3n) is 3.09. The number of hydrogen-bond donors (Lipinski definition) is 2. The molecule has 0 unspecified atom stereocenters. The maximum absolute atomic E-state index is 13.6. The fraction of sp³-hybridized carbons (Fsp3) is 0.125. The Labute approximate surface area is 132 Å². The van der Waals surface area contributed by atoms with Crippen molar-refractivity contribution in [3.05, 3.63) is 70.0 Å². The average Bonchev–Trinajstić information content (AvgIpc) is 2.52. The van der Waals surface area contributed by atoms with E-state index in [9.17, 15) is 14.0 Å². The Morgan fingerprint density at radius 2 is 1.68 bits per heavy atom. The van der Waals surface area contributed by atoms with Crippen molar-refractivity contribution in [1.82, 2.24) is 10.9 Å². The van der Waals surface area contributed by atoms with Gasteiger partial charge < -0.3 is 0 Å². The van der Waals surface area contributed by atoms with Gasteiger partial charge in [-0.05, 0) is 42.3 Å². The minimum Gasteiger partial charge on any atom is -0.267 e. The van der Waals surface area contributed by atoms with Crippen LogP contribution in [0.15, 0.2) is 42.5 Å². The van der Waals surface area contributed by atoms with E-state index >= 15 is 0 Å². The fourth-order valence-electron chi connectivity index (χ4n) is 1.82. The van der Waals surface area contributed by atoms with E-state index in [1.165, 1.54) is 12.1 Å². The Balaban J connectivity index is 1.99. The molecule has 0 saturated carbocycles. The Hall–Kier alpha value is -2.40. The van der Waals surface area contributed by atoms with Gasteiger partial charge >= 0.3 is 0 Å². The molecular formula is C16H14ClFN2O2. The molecule has 0 atom stereocenters. The lowest BCUT2D eigenvalue weighted by atomic mass is 10.1. The van der Waals surface area contributed by atoms with Crippen LogP contribution in [0.5, 0.6) is 0 Å². The number of benzene rings is 2. The summed E-state index contributed by atoms with van der Waals surface area (Å²) in [5.74, 6) is -2.00. The predicted octanol–water partition coefficient (Wildman–Crippen LogP) is 3.12. The zero-order chi connectivity index (χ0) is 16.1. The summed E-state index contributed by atoms with van der Waals surface area (Å²) < 4.78 is 13.6. The van der Waals surface area contributed by atoms with Crippen molar-refractivity contribution in [3.63, 3.8) is 0 Å².